The van der Waals surface area contributed by atoms with Gasteiger partial charge in [0.2, 0.25) is 0 Å². The van der Waals surface area contributed by atoms with Crippen molar-refractivity contribution in [1.82, 2.24) is 5.32 Å². The Morgan fingerprint density at radius 1 is 1.10 bits per heavy atom. The van der Waals surface area contributed by atoms with E-state index in [0.29, 0.717) is 23.7 Å². The zero-order chi connectivity index (χ0) is 13.7. The monoisotopic (exact) mass is 314 g/mol. The minimum atomic E-state index is -0.283. The quantitative estimate of drug-likeness (QED) is 0.881. The van der Waals surface area contributed by atoms with Gasteiger partial charge in [-0.15, -0.1) is 0 Å². The van der Waals surface area contributed by atoms with Crippen molar-refractivity contribution in [2.75, 3.05) is 7.11 Å². The van der Waals surface area contributed by atoms with E-state index in [2.05, 4.69) is 5.32 Å². The molecular formula is C15H15Cl2FNO-. The maximum Gasteiger partial charge on any atom is 0.129 e. The van der Waals surface area contributed by atoms with Crippen molar-refractivity contribution in [3.05, 3.63) is 64.4 Å². The van der Waals surface area contributed by atoms with E-state index in [1.54, 1.807) is 19.2 Å². The maximum atomic E-state index is 13.5. The van der Waals surface area contributed by atoms with Gasteiger partial charge in [0.25, 0.3) is 0 Å². The Morgan fingerprint density at radius 3 is 2.40 bits per heavy atom. The molecule has 2 aromatic carbocycles. The molecule has 0 spiro atoms. The van der Waals surface area contributed by atoms with Gasteiger partial charge in [-0.25, -0.2) is 4.39 Å². The van der Waals surface area contributed by atoms with Crippen molar-refractivity contribution in [1.29, 1.82) is 0 Å². The van der Waals surface area contributed by atoms with E-state index in [1.807, 2.05) is 24.3 Å². The highest BCUT2D eigenvalue weighted by Crippen LogP contribution is 2.18. The SMILES string of the molecule is COc1ccc(CNCc2c(F)cccc2Cl)cc1.[Cl-]. The molecule has 0 unspecified atom stereocenters. The van der Waals surface area contributed by atoms with Gasteiger partial charge in [0.05, 0.1) is 7.11 Å². The molecule has 0 aromatic heterocycles. The Bertz CT molecular complexity index is 526. The smallest absolute Gasteiger partial charge is 0.129 e. The summed E-state index contributed by atoms with van der Waals surface area (Å²) in [6.45, 7) is 1.05. The summed E-state index contributed by atoms with van der Waals surface area (Å²) in [6.07, 6.45) is 0. The van der Waals surface area contributed by atoms with Crippen LogP contribution in [0.15, 0.2) is 42.5 Å². The van der Waals surface area contributed by atoms with Crippen molar-refractivity contribution in [2.45, 2.75) is 13.1 Å². The summed E-state index contributed by atoms with van der Waals surface area (Å²) >= 11 is 5.95. The van der Waals surface area contributed by atoms with Gasteiger partial charge in [0, 0.05) is 23.7 Å². The molecule has 0 aliphatic rings. The molecule has 1 N–H and O–H groups in total. The number of methoxy groups -OCH3 is 1. The molecule has 2 aromatic rings. The highest BCUT2D eigenvalue weighted by atomic mass is 35.5. The van der Waals surface area contributed by atoms with Gasteiger partial charge >= 0.3 is 0 Å². The highest BCUT2D eigenvalue weighted by Gasteiger charge is 2.05. The number of rotatable bonds is 5. The number of halogens is 3. The molecule has 0 fully saturated rings. The zero-order valence-electron chi connectivity index (χ0n) is 11.0. The molecule has 2 rings (SSSR count). The lowest BCUT2D eigenvalue weighted by Gasteiger charge is -2.08. The minimum absolute atomic E-state index is 0. The molecule has 0 amide bonds. The molecule has 0 atom stereocenters. The molecule has 0 bridgehead atoms. The summed E-state index contributed by atoms with van der Waals surface area (Å²) in [4.78, 5) is 0. The molecule has 0 aliphatic heterocycles. The average molecular weight is 315 g/mol. The van der Waals surface area contributed by atoms with Crippen LogP contribution in [0.4, 0.5) is 4.39 Å². The lowest BCUT2D eigenvalue weighted by molar-refractivity contribution is -0.00000468. The number of hydrogen-bond donors (Lipinski definition) is 1. The Labute approximate surface area is 129 Å². The van der Waals surface area contributed by atoms with E-state index < -0.39 is 0 Å². The van der Waals surface area contributed by atoms with Gasteiger partial charge in [-0.3, -0.25) is 0 Å². The second kappa shape index (κ2) is 8.10. The van der Waals surface area contributed by atoms with Gasteiger partial charge in [-0.05, 0) is 29.8 Å². The van der Waals surface area contributed by atoms with E-state index in [4.69, 9.17) is 16.3 Å². The third-order valence-corrected chi connectivity index (χ3v) is 3.21. The van der Waals surface area contributed by atoms with Gasteiger partial charge in [-0.1, -0.05) is 29.8 Å². The summed E-state index contributed by atoms with van der Waals surface area (Å²) in [5.41, 5.74) is 1.60. The minimum Gasteiger partial charge on any atom is -1.00 e. The number of ether oxygens (including phenoxy) is 1. The van der Waals surface area contributed by atoms with Gasteiger partial charge < -0.3 is 22.5 Å². The first-order chi connectivity index (χ1) is 9.20. The first-order valence-corrected chi connectivity index (χ1v) is 6.35. The summed E-state index contributed by atoms with van der Waals surface area (Å²) in [5, 5.41) is 3.62. The first-order valence-electron chi connectivity index (χ1n) is 5.97. The molecule has 108 valence electrons. The van der Waals surface area contributed by atoms with Gasteiger partial charge in [-0.2, -0.15) is 0 Å². The summed E-state index contributed by atoms with van der Waals surface area (Å²) in [6, 6.07) is 12.4. The van der Waals surface area contributed by atoms with Crippen LogP contribution in [0, 0.1) is 5.82 Å². The number of benzene rings is 2. The molecule has 0 saturated heterocycles. The average Bonchev–Trinajstić information content (AvgIpc) is 2.43. The molecule has 5 heteroatoms. The number of hydrogen-bond acceptors (Lipinski definition) is 2. The Hall–Kier alpha value is -1.29. The predicted octanol–water partition coefficient (Wildman–Crippen LogP) is 0.781. The first kappa shape index (κ1) is 16.8. The topological polar surface area (TPSA) is 21.3 Å². The summed E-state index contributed by atoms with van der Waals surface area (Å²) in [5.74, 6) is 0.538. The lowest BCUT2D eigenvalue weighted by Crippen LogP contribution is -3.00. The van der Waals surface area contributed by atoms with Crippen LogP contribution >= 0.6 is 11.6 Å². The fourth-order valence-electron chi connectivity index (χ4n) is 1.78. The second-order valence-electron chi connectivity index (χ2n) is 4.15. The van der Waals surface area contributed by atoms with Crippen molar-refractivity contribution in [3.8, 4) is 5.75 Å². The van der Waals surface area contributed by atoms with Crippen LogP contribution in [0.25, 0.3) is 0 Å². The van der Waals surface area contributed by atoms with Gasteiger partial charge in [0.1, 0.15) is 11.6 Å². The van der Waals surface area contributed by atoms with Crippen LogP contribution in [0.5, 0.6) is 5.75 Å². The summed E-state index contributed by atoms with van der Waals surface area (Å²) in [7, 11) is 1.63. The highest BCUT2D eigenvalue weighted by molar-refractivity contribution is 6.31. The molecule has 0 radical (unpaired) electrons. The normalized spacial score (nSPS) is 9.95. The van der Waals surface area contributed by atoms with E-state index in [-0.39, 0.29) is 18.2 Å². The van der Waals surface area contributed by atoms with Crippen LogP contribution < -0.4 is 22.5 Å². The molecule has 20 heavy (non-hydrogen) atoms. The molecule has 0 saturated carbocycles. The van der Waals surface area contributed by atoms with E-state index in [9.17, 15) is 4.39 Å². The van der Waals surface area contributed by atoms with Crippen LogP contribution in [-0.4, -0.2) is 7.11 Å². The van der Waals surface area contributed by atoms with Crippen molar-refractivity contribution >= 4 is 11.6 Å². The fraction of sp³-hybridized carbons (Fsp3) is 0.200. The molecule has 0 heterocycles. The third-order valence-electron chi connectivity index (χ3n) is 2.85. The molecular weight excluding hydrogens is 300 g/mol. The van der Waals surface area contributed by atoms with E-state index >= 15 is 0 Å². The van der Waals surface area contributed by atoms with Crippen LogP contribution in [0.3, 0.4) is 0 Å². The second-order valence-corrected chi connectivity index (χ2v) is 4.56. The van der Waals surface area contributed by atoms with E-state index in [0.717, 1.165) is 11.3 Å². The maximum absolute atomic E-state index is 13.5. The van der Waals surface area contributed by atoms with Crippen molar-refractivity contribution in [3.63, 3.8) is 0 Å². The van der Waals surface area contributed by atoms with Crippen LogP contribution in [0.2, 0.25) is 5.02 Å². The molecule has 2 nitrogen and oxygen atoms in total. The van der Waals surface area contributed by atoms with Crippen LogP contribution in [-0.2, 0) is 13.1 Å². The van der Waals surface area contributed by atoms with Crippen LogP contribution in [0.1, 0.15) is 11.1 Å². The van der Waals surface area contributed by atoms with E-state index in [1.165, 1.54) is 6.07 Å². The lowest BCUT2D eigenvalue weighted by atomic mass is 10.2. The van der Waals surface area contributed by atoms with Crippen molar-refractivity contribution < 1.29 is 21.5 Å². The predicted molar refractivity (Wildman–Crippen MR) is 74.9 cm³/mol. The summed E-state index contributed by atoms with van der Waals surface area (Å²) < 4.78 is 18.6. The Balaban J connectivity index is 0.00000200. The number of nitrogens with one attached hydrogen (secondary N) is 1. The zero-order valence-corrected chi connectivity index (χ0v) is 12.5. The van der Waals surface area contributed by atoms with Crippen molar-refractivity contribution in [2.24, 2.45) is 0 Å². The molecule has 0 aliphatic carbocycles. The fourth-order valence-corrected chi connectivity index (χ4v) is 2.01. The third kappa shape index (κ3) is 4.37. The largest absolute Gasteiger partial charge is 1.00 e. The Kier molecular flexibility index (Phi) is 6.79. The Morgan fingerprint density at radius 2 is 1.80 bits per heavy atom. The standard InChI is InChI=1S/C15H15ClFNO.ClH/c1-19-12-7-5-11(6-8-12)9-18-10-13-14(16)3-2-4-15(13)17;/h2-8,18H,9-10H2,1H3;1H/p-1. The van der Waals surface area contributed by atoms with Gasteiger partial charge in [0.15, 0.2) is 0 Å².